The molecule has 6 nitrogen and oxygen atoms in total. The summed E-state index contributed by atoms with van der Waals surface area (Å²) in [4.78, 5) is 33.7. The lowest BCUT2D eigenvalue weighted by Gasteiger charge is -2.41. The first-order valence-corrected chi connectivity index (χ1v) is 12.4. The third-order valence-corrected chi connectivity index (χ3v) is 7.75. The fourth-order valence-electron chi connectivity index (χ4n) is 4.57. The molecule has 1 fully saturated rings. The van der Waals surface area contributed by atoms with Crippen LogP contribution in [-0.2, 0) is 0 Å². The molecule has 174 valence electrons. The van der Waals surface area contributed by atoms with E-state index in [0.29, 0.717) is 24.3 Å². The third-order valence-electron chi connectivity index (χ3n) is 6.80. The molecule has 0 bridgehead atoms. The Balaban J connectivity index is 1.32. The number of aromatic nitrogens is 2. The molecule has 0 spiro atoms. The minimum absolute atomic E-state index is 0.0101. The molecular weight excluding hydrogens is 444 g/mol. The molecule has 2 aromatic carbocycles. The molecule has 1 aliphatic heterocycles. The van der Waals surface area contributed by atoms with Crippen LogP contribution in [0.1, 0.15) is 49.8 Å². The first kappa shape index (κ1) is 22.3. The van der Waals surface area contributed by atoms with Crippen molar-refractivity contribution in [1.82, 2.24) is 19.6 Å². The number of thiazole rings is 1. The summed E-state index contributed by atoms with van der Waals surface area (Å²) in [6.07, 6.45) is 0.871. The highest BCUT2D eigenvalue weighted by Gasteiger charge is 2.34. The molecule has 1 aliphatic rings. The van der Waals surface area contributed by atoms with Crippen molar-refractivity contribution in [3.05, 3.63) is 81.6 Å². The lowest BCUT2D eigenvalue weighted by Crippen LogP contribution is -2.56. The molecule has 1 N–H and O–H groups in total. The molecule has 0 radical (unpaired) electrons. The average molecular weight is 473 g/mol. The Morgan fingerprint density at radius 3 is 2.62 bits per heavy atom. The van der Waals surface area contributed by atoms with Gasteiger partial charge >= 0.3 is 0 Å². The molecule has 3 heterocycles. The van der Waals surface area contributed by atoms with Gasteiger partial charge < -0.3 is 10.2 Å². The van der Waals surface area contributed by atoms with Crippen LogP contribution in [0, 0.1) is 27.7 Å². The Kier molecular flexibility index (Phi) is 5.73. The zero-order chi connectivity index (χ0) is 24.0. The fourth-order valence-corrected chi connectivity index (χ4v) is 5.48. The number of hydrogen-bond acceptors (Lipinski definition) is 4. The number of aryl methyl sites for hydroxylation is 4. The van der Waals surface area contributed by atoms with Crippen molar-refractivity contribution in [1.29, 1.82) is 0 Å². The van der Waals surface area contributed by atoms with Crippen LogP contribution in [0.4, 0.5) is 0 Å². The molecule has 0 saturated carbocycles. The van der Waals surface area contributed by atoms with Crippen molar-refractivity contribution in [2.45, 2.75) is 40.2 Å². The molecule has 1 saturated heterocycles. The number of hydrogen-bond donors (Lipinski definition) is 1. The molecule has 0 unspecified atom stereocenters. The summed E-state index contributed by atoms with van der Waals surface area (Å²) in [6.45, 7) is 9.13. The molecule has 7 heteroatoms. The minimum atomic E-state index is -0.152. The van der Waals surface area contributed by atoms with Gasteiger partial charge in [-0.2, -0.15) is 0 Å². The van der Waals surface area contributed by atoms with Crippen molar-refractivity contribution in [2.24, 2.45) is 0 Å². The van der Waals surface area contributed by atoms with Gasteiger partial charge in [-0.05, 0) is 62.4 Å². The van der Waals surface area contributed by atoms with Gasteiger partial charge in [-0.3, -0.25) is 14.0 Å². The largest absolute Gasteiger partial charge is 0.349 e. The monoisotopic (exact) mass is 472 g/mol. The molecule has 2 aromatic heterocycles. The highest BCUT2D eigenvalue weighted by molar-refractivity contribution is 7.15. The number of benzene rings is 2. The Hall–Kier alpha value is -3.45. The van der Waals surface area contributed by atoms with Crippen LogP contribution in [0.15, 0.2) is 47.8 Å². The van der Waals surface area contributed by atoms with Crippen LogP contribution in [-0.4, -0.2) is 45.2 Å². The predicted octanol–water partition coefficient (Wildman–Crippen LogP) is 4.94. The number of carbonyl (C=O) groups excluding carboxylic acids is 2. The highest BCUT2D eigenvalue weighted by Crippen LogP contribution is 2.29. The topological polar surface area (TPSA) is 66.7 Å². The Morgan fingerprint density at radius 1 is 1.09 bits per heavy atom. The van der Waals surface area contributed by atoms with Crippen molar-refractivity contribution in [3.63, 3.8) is 0 Å². The SMILES string of the molecule is Cc1ccc(-c2ccccc2C(=O)N2CC[C@@H]2CNC(=O)c2c(C)nc3scc(C)n23)cc1C. The Labute approximate surface area is 203 Å². The van der Waals surface area contributed by atoms with Gasteiger partial charge in [0, 0.05) is 29.7 Å². The van der Waals surface area contributed by atoms with Gasteiger partial charge in [0.15, 0.2) is 4.96 Å². The van der Waals surface area contributed by atoms with E-state index in [4.69, 9.17) is 0 Å². The van der Waals surface area contributed by atoms with E-state index in [-0.39, 0.29) is 17.9 Å². The standard InChI is InChI=1S/C27H28N4O2S/c1-16-9-10-20(13-17(16)2)22-7-5-6-8-23(22)26(33)30-12-11-21(30)14-28-25(32)24-19(4)29-27-31(24)18(3)15-34-27/h5-10,13,15,21H,11-12,14H2,1-4H3,(H,28,32)/t21-/m1/s1. The van der Waals surface area contributed by atoms with Crippen LogP contribution in [0.25, 0.3) is 16.1 Å². The lowest BCUT2D eigenvalue weighted by atomic mass is 9.94. The normalized spacial score (nSPS) is 15.4. The van der Waals surface area contributed by atoms with Crippen LogP contribution in [0.5, 0.6) is 0 Å². The van der Waals surface area contributed by atoms with Crippen molar-refractivity contribution >= 4 is 28.1 Å². The first-order chi connectivity index (χ1) is 16.3. The van der Waals surface area contributed by atoms with Gasteiger partial charge in [0.25, 0.3) is 11.8 Å². The van der Waals surface area contributed by atoms with Gasteiger partial charge in [0.1, 0.15) is 5.69 Å². The minimum Gasteiger partial charge on any atom is -0.349 e. The summed E-state index contributed by atoms with van der Waals surface area (Å²) in [5.41, 5.74) is 7.41. The molecule has 4 aromatic rings. The highest BCUT2D eigenvalue weighted by atomic mass is 32.1. The van der Waals surface area contributed by atoms with E-state index in [1.165, 1.54) is 22.5 Å². The third kappa shape index (κ3) is 3.80. The van der Waals surface area contributed by atoms with Crippen molar-refractivity contribution in [3.8, 4) is 11.1 Å². The summed E-state index contributed by atoms with van der Waals surface area (Å²) in [7, 11) is 0. The molecule has 2 amide bonds. The number of likely N-dealkylation sites (tertiary alicyclic amines) is 1. The van der Waals surface area contributed by atoms with E-state index in [1.807, 2.05) is 52.8 Å². The summed E-state index contributed by atoms with van der Waals surface area (Å²) >= 11 is 1.53. The van der Waals surface area contributed by atoms with Crippen molar-refractivity contribution < 1.29 is 9.59 Å². The number of nitrogens with zero attached hydrogens (tertiary/aromatic N) is 3. The van der Waals surface area contributed by atoms with Gasteiger partial charge in [-0.15, -0.1) is 11.3 Å². The van der Waals surface area contributed by atoms with Gasteiger partial charge in [0.2, 0.25) is 0 Å². The number of nitrogens with one attached hydrogen (secondary N) is 1. The van der Waals surface area contributed by atoms with Crippen LogP contribution < -0.4 is 5.32 Å². The average Bonchev–Trinajstić information content (AvgIpc) is 3.32. The number of amides is 2. The molecule has 0 aliphatic carbocycles. The Morgan fingerprint density at radius 2 is 1.88 bits per heavy atom. The predicted molar refractivity (Wildman–Crippen MR) is 136 cm³/mol. The molecule has 1 atom stereocenters. The second-order valence-corrected chi connectivity index (χ2v) is 9.87. The molecule has 34 heavy (non-hydrogen) atoms. The van der Waals surface area contributed by atoms with Crippen molar-refractivity contribution in [2.75, 3.05) is 13.1 Å². The van der Waals surface area contributed by atoms with E-state index in [0.717, 1.165) is 33.9 Å². The van der Waals surface area contributed by atoms with E-state index in [9.17, 15) is 9.59 Å². The maximum absolute atomic E-state index is 13.5. The van der Waals surface area contributed by atoms with Crippen LogP contribution >= 0.6 is 11.3 Å². The van der Waals surface area contributed by atoms with E-state index < -0.39 is 0 Å². The zero-order valence-electron chi connectivity index (χ0n) is 19.9. The maximum atomic E-state index is 13.5. The smallest absolute Gasteiger partial charge is 0.270 e. The molecular formula is C27H28N4O2S. The number of imidazole rings is 1. The van der Waals surface area contributed by atoms with Crippen LogP contribution in [0.3, 0.4) is 0 Å². The summed E-state index contributed by atoms with van der Waals surface area (Å²) in [5, 5.41) is 5.04. The lowest BCUT2D eigenvalue weighted by molar-refractivity contribution is 0.0456. The second kappa shape index (κ2) is 8.72. The fraction of sp³-hybridized carbons (Fsp3) is 0.296. The first-order valence-electron chi connectivity index (χ1n) is 11.5. The zero-order valence-corrected chi connectivity index (χ0v) is 20.7. The van der Waals surface area contributed by atoms with Gasteiger partial charge in [-0.25, -0.2) is 4.98 Å². The summed E-state index contributed by atoms with van der Waals surface area (Å²) in [5.74, 6) is -0.141. The van der Waals surface area contributed by atoms with Gasteiger partial charge in [0.05, 0.1) is 11.7 Å². The van der Waals surface area contributed by atoms with Gasteiger partial charge in [-0.1, -0.05) is 36.4 Å². The van der Waals surface area contributed by atoms with E-state index in [2.05, 4.69) is 42.3 Å². The molecule has 5 rings (SSSR count). The summed E-state index contributed by atoms with van der Waals surface area (Å²) in [6, 6.07) is 14.1. The van der Waals surface area contributed by atoms with Crippen LogP contribution in [0.2, 0.25) is 0 Å². The maximum Gasteiger partial charge on any atom is 0.270 e. The number of carbonyl (C=O) groups is 2. The quantitative estimate of drug-likeness (QED) is 0.447. The van der Waals surface area contributed by atoms with E-state index >= 15 is 0 Å². The Bertz CT molecular complexity index is 1420. The number of fused-ring (bicyclic) bond motifs is 1. The number of rotatable bonds is 5. The second-order valence-electron chi connectivity index (χ2n) is 9.04. The summed E-state index contributed by atoms with van der Waals surface area (Å²) < 4.78 is 1.90. The van der Waals surface area contributed by atoms with E-state index in [1.54, 1.807) is 0 Å².